The molecule has 2 bridgehead atoms. The molecule has 4 N–H and O–H groups in total. The van der Waals surface area contributed by atoms with Crippen molar-refractivity contribution in [3.8, 4) is 5.75 Å². The van der Waals surface area contributed by atoms with Crippen molar-refractivity contribution in [1.82, 2.24) is 25.9 Å². The Morgan fingerprint density at radius 3 is 2.52 bits per heavy atom. The molecule has 8 atom stereocenters. The molecule has 1 saturated heterocycles. The topological polar surface area (TPSA) is 132 Å². The smallest absolute Gasteiger partial charge is 0.250 e. The van der Waals surface area contributed by atoms with Gasteiger partial charge in [-0.15, -0.1) is 0 Å². The van der Waals surface area contributed by atoms with E-state index in [0.717, 1.165) is 17.5 Å². The number of hydrogen-bond acceptors (Lipinski definition) is 8. The number of nitrogens with zero attached hydrogens (tertiary/aromatic N) is 2. The number of fused-ring (bicyclic) bond motifs is 2. The number of allylic oxidation sites excluding steroid dienone is 2. The molecule has 48 heavy (non-hydrogen) atoms. The molecule has 0 aromatic heterocycles. The Morgan fingerprint density at radius 1 is 1.25 bits per heavy atom. The summed E-state index contributed by atoms with van der Waals surface area (Å²) in [5.74, 6) is 0.748. The monoisotopic (exact) mass is 665 g/mol. The number of hydrogen-bond donors (Lipinski definition) is 4. The van der Waals surface area contributed by atoms with E-state index >= 15 is 0 Å². The second kappa shape index (κ2) is 15.3. The Labute approximate surface area is 285 Å². The molecule has 11 heteroatoms. The van der Waals surface area contributed by atoms with E-state index in [2.05, 4.69) is 43.3 Å². The van der Waals surface area contributed by atoms with Gasteiger partial charge in [0.25, 0.3) is 0 Å². The van der Waals surface area contributed by atoms with Crippen molar-refractivity contribution in [1.29, 1.82) is 0 Å². The number of nitrogens with one attached hydrogen (secondary N) is 3. The van der Waals surface area contributed by atoms with Gasteiger partial charge >= 0.3 is 0 Å². The summed E-state index contributed by atoms with van der Waals surface area (Å²) in [5, 5.41) is 21.0. The van der Waals surface area contributed by atoms with E-state index in [-0.39, 0.29) is 47.9 Å². The highest BCUT2D eigenvalue weighted by atomic mass is 16.7. The lowest BCUT2D eigenvalue weighted by atomic mass is 9.45. The summed E-state index contributed by atoms with van der Waals surface area (Å²) in [6.07, 6.45) is 6.85. The number of rotatable bonds is 13. The molecule has 1 heterocycles. The Balaban J connectivity index is 1.71. The third-order valence-electron chi connectivity index (χ3n) is 10.9. The summed E-state index contributed by atoms with van der Waals surface area (Å²) in [7, 11) is 6.94. The minimum atomic E-state index is -0.799. The van der Waals surface area contributed by atoms with Gasteiger partial charge in [-0.2, -0.15) is 5.06 Å². The largest absolute Gasteiger partial charge is 0.496 e. The fourth-order valence-electron chi connectivity index (χ4n) is 8.13. The van der Waals surface area contributed by atoms with Crippen molar-refractivity contribution < 1.29 is 29.1 Å². The van der Waals surface area contributed by atoms with E-state index in [1.807, 2.05) is 56.4 Å². The number of ether oxygens (including phenoxy) is 1. The molecule has 1 aromatic rings. The number of carbonyl (C=O) groups excluding carboxylic acids is 3. The van der Waals surface area contributed by atoms with Gasteiger partial charge in [-0.1, -0.05) is 45.5 Å². The zero-order chi connectivity index (χ0) is 35.5. The van der Waals surface area contributed by atoms with Crippen LogP contribution in [-0.2, 0) is 25.8 Å². The van der Waals surface area contributed by atoms with Gasteiger partial charge in [0.1, 0.15) is 17.9 Å². The van der Waals surface area contributed by atoms with E-state index in [1.165, 1.54) is 13.3 Å². The molecular weight excluding hydrogens is 610 g/mol. The number of carbonyl (C=O) groups is 3. The third-order valence-corrected chi connectivity index (χ3v) is 10.9. The first-order chi connectivity index (χ1) is 22.6. The van der Waals surface area contributed by atoms with Crippen LogP contribution in [0.15, 0.2) is 48.7 Å². The molecule has 0 radical (unpaired) electrons. The van der Waals surface area contributed by atoms with Gasteiger partial charge in [0, 0.05) is 62.8 Å². The quantitative estimate of drug-likeness (QED) is 0.187. The minimum absolute atomic E-state index is 0.0310. The SMILES string of the molecule is C=C(C=C(C=CN(C)C)c1cccc(CN2O[C@@H](CO)[C@@H](C(C)NC(C)=O)[C@H]2C(=O)N[C@H]2C[C@H]3C[C@@H]([C@@H]2C)C3(C)C)c1OC)C(=O)NC. The predicted molar refractivity (Wildman–Crippen MR) is 186 cm³/mol. The predicted octanol–water partition coefficient (Wildman–Crippen LogP) is 3.26. The number of methoxy groups -OCH3 is 1. The van der Waals surface area contributed by atoms with Gasteiger partial charge in [0.2, 0.25) is 17.7 Å². The highest BCUT2D eigenvalue weighted by molar-refractivity contribution is 5.98. The van der Waals surface area contributed by atoms with Crippen LogP contribution in [0, 0.1) is 29.1 Å². The highest BCUT2D eigenvalue weighted by Crippen LogP contribution is 2.61. The number of aliphatic hydroxyl groups excluding tert-OH is 1. The van der Waals surface area contributed by atoms with Crippen LogP contribution in [0.4, 0.5) is 0 Å². The van der Waals surface area contributed by atoms with Gasteiger partial charge in [0.15, 0.2) is 0 Å². The van der Waals surface area contributed by atoms with Crippen LogP contribution < -0.4 is 20.7 Å². The molecule has 3 saturated carbocycles. The van der Waals surface area contributed by atoms with Gasteiger partial charge < -0.3 is 30.7 Å². The number of para-hydroxylation sites is 1. The molecular formula is C37H55N5O6. The average molecular weight is 666 g/mol. The lowest BCUT2D eigenvalue weighted by Gasteiger charge is -2.62. The summed E-state index contributed by atoms with van der Waals surface area (Å²) in [5.41, 5.74) is 2.71. The lowest BCUT2D eigenvalue weighted by molar-refractivity contribution is -0.183. The summed E-state index contributed by atoms with van der Waals surface area (Å²) in [6, 6.07) is 4.47. The molecule has 3 aliphatic carbocycles. The Morgan fingerprint density at radius 2 is 1.96 bits per heavy atom. The number of hydroxylamine groups is 2. The van der Waals surface area contributed by atoms with Gasteiger partial charge in [0.05, 0.1) is 20.3 Å². The molecule has 4 aliphatic rings. The molecule has 11 nitrogen and oxygen atoms in total. The van der Waals surface area contributed by atoms with Crippen molar-refractivity contribution >= 4 is 23.3 Å². The number of amides is 3. The molecule has 3 amide bonds. The minimum Gasteiger partial charge on any atom is -0.496 e. The normalized spacial score (nSPS) is 28.7. The Kier molecular flexibility index (Phi) is 11.8. The van der Waals surface area contributed by atoms with E-state index in [0.29, 0.717) is 29.1 Å². The number of benzene rings is 1. The second-order valence-corrected chi connectivity index (χ2v) is 14.5. The maximum Gasteiger partial charge on any atom is 0.250 e. The molecule has 1 aliphatic heterocycles. The first-order valence-electron chi connectivity index (χ1n) is 16.9. The van der Waals surface area contributed by atoms with Crippen molar-refractivity contribution in [2.75, 3.05) is 34.9 Å². The maximum absolute atomic E-state index is 14.4. The van der Waals surface area contributed by atoms with E-state index in [9.17, 15) is 19.5 Å². The lowest BCUT2D eigenvalue weighted by Crippen LogP contribution is -2.62. The van der Waals surface area contributed by atoms with Crippen LogP contribution in [0.5, 0.6) is 5.75 Å². The van der Waals surface area contributed by atoms with Crippen molar-refractivity contribution in [2.24, 2.45) is 29.1 Å². The number of likely N-dealkylation sites (N-methyl/N-ethyl adjacent to an activating group) is 1. The number of aliphatic hydroxyl groups is 1. The van der Waals surface area contributed by atoms with Crippen LogP contribution in [0.2, 0.25) is 0 Å². The summed E-state index contributed by atoms with van der Waals surface area (Å²) in [6.45, 7) is 13.9. The van der Waals surface area contributed by atoms with Crippen molar-refractivity contribution in [3.63, 3.8) is 0 Å². The van der Waals surface area contributed by atoms with Gasteiger partial charge in [-0.05, 0) is 66.9 Å². The van der Waals surface area contributed by atoms with Gasteiger partial charge in [-0.25, -0.2) is 0 Å². The molecule has 264 valence electrons. The molecule has 0 spiro atoms. The zero-order valence-electron chi connectivity index (χ0n) is 30.0. The van der Waals surface area contributed by atoms with Crippen LogP contribution in [0.25, 0.3) is 5.57 Å². The molecule has 5 rings (SSSR count). The molecule has 1 aromatic carbocycles. The fourth-order valence-corrected chi connectivity index (χ4v) is 8.13. The molecule has 4 fully saturated rings. The standard InChI is InChI=1S/C37H55N5O6/c1-21(35(45)38-7)16-25(14-15-41(8)9)28-13-11-12-26(34(28)47-10)19-42-33(32(31(20-43)48-42)23(3)39-24(4)44)36(46)40-30-18-27-17-29(22(30)2)37(27,5)6/h11-16,22-23,27,29-33,43H,1,17-20H2,2-10H3,(H,38,45)(H,39,44)(H,40,46)/t22-,23?,27+,29-,30-,31-,32+,33-/m0/s1. The van der Waals surface area contributed by atoms with E-state index in [1.54, 1.807) is 25.3 Å². The van der Waals surface area contributed by atoms with E-state index in [4.69, 9.17) is 9.57 Å². The fraction of sp³-hybridized carbons (Fsp3) is 0.595. The average Bonchev–Trinajstić information content (AvgIpc) is 3.41. The van der Waals surface area contributed by atoms with Crippen LogP contribution in [0.1, 0.15) is 58.6 Å². The summed E-state index contributed by atoms with van der Waals surface area (Å²) < 4.78 is 5.98. The van der Waals surface area contributed by atoms with Crippen LogP contribution in [-0.4, -0.2) is 91.9 Å². The summed E-state index contributed by atoms with van der Waals surface area (Å²) in [4.78, 5) is 47.1. The van der Waals surface area contributed by atoms with Crippen LogP contribution in [0.3, 0.4) is 0 Å². The first kappa shape index (κ1) is 37.2. The van der Waals surface area contributed by atoms with E-state index < -0.39 is 24.1 Å². The third kappa shape index (κ3) is 7.63. The molecule has 1 unspecified atom stereocenters. The second-order valence-electron chi connectivity index (χ2n) is 14.5. The zero-order valence-corrected chi connectivity index (χ0v) is 30.0. The summed E-state index contributed by atoms with van der Waals surface area (Å²) >= 11 is 0. The van der Waals surface area contributed by atoms with Gasteiger partial charge in [-0.3, -0.25) is 19.2 Å². The van der Waals surface area contributed by atoms with Crippen molar-refractivity contribution in [2.45, 2.75) is 78.2 Å². The van der Waals surface area contributed by atoms with Crippen LogP contribution >= 0.6 is 0 Å². The maximum atomic E-state index is 14.4. The first-order valence-corrected chi connectivity index (χ1v) is 16.9. The Hall–Kier alpha value is -3.67. The van der Waals surface area contributed by atoms with Crippen molar-refractivity contribution in [3.05, 3.63) is 59.8 Å². The highest BCUT2D eigenvalue weighted by Gasteiger charge is 2.57. The Bertz CT molecular complexity index is 1440.